The molecule has 0 saturated carbocycles. The molecule has 0 amide bonds. The Morgan fingerprint density at radius 3 is 1.61 bits per heavy atom. The number of fused-ring (bicyclic) bond motifs is 4. The summed E-state index contributed by atoms with van der Waals surface area (Å²) in [6.07, 6.45) is 20.1. The van der Waals surface area contributed by atoms with Crippen LogP contribution in [0.3, 0.4) is 0 Å². The molecule has 10 aromatic rings. The first-order valence-corrected chi connectivity index (χ1v) is 23.2. The van der Waals surface area contributed by atoms with E-state index in [2.05, 4.69) is 247 Å². The molecule has 3 nitrogen and oxygen atoms in total. The third kappa shape index (κ3) is 9.85. The minimum atomic E-state index is 0.872. The van der Waals surface area contributed by atoms with Crippen molar-refractivity contribution in [1.29, 1.82) is 0 Å². The van der Waals surface area contributed by atoms with Crippen molar-refractivity contribution in [2.75, 3.05) is 4.90 Å². The van der Waals surface area contributed by atoms with Gasteiger partial charge in [0.2, 0.25) is 0 Å². The van der Waals surface area contributed by atoms with Crippen LogP contribution in [0.25, 0.3) is 84.1 Å². The Morgan fingerprint density at radius 2 is 0.942 bits per heavy atom. The number of furan rings is 1. The first-order valence-electron chi connectivity index (χ1n) is 23.2. The Bertz CT molecular complexity index is 3600. The van der Waals surface area contributed by atoms with E-state index in [9.17, 15) is 0 Å². The van der Waals surface area contributed by atoms with Crippen molar-refractivity contribution in [3.05, 3.63) is 297 Å². The number of hydrogen-bond acceptors (Lipinski definition) is 2. The van der Waals surface area contributed by atoms with Crippen LogP contribution in [0, 0.1) is 0 Å². The van der Waals surface area contributed by atoms with Gasteiger partial charge in [0.1, 0.15) is 11.2 Å². The summed E-state index contributed by atoms with van der Waals surface area (Å²) in [6, 6.07) is 77.2. The molecular weight excluding hydrogens is 837 g/mol. The van der Waals surface area contributed by atoms with E-state index in [-0.39, 0.29) is 0 Å². The minimum absolute atomic E-state index is 0.872. The maximum Gasteiger partial charge on any atom is 0.135 e. The number of hydrogen-bond donors (Lipinski definition) is 0. The number of benzene rings is 8. The Balaban J connectivity index is 0.928. The largest absolute Gasteiger partial charge is 0.456 e. The summed E-state index contributed by atoms with van der Waals surface area (Å²) in [6.45, 7) is 7.98. The zero-order valence-corrected chi connectivity index (χ0v) is 38.3. The number of allylic oxidation sites excluding steroid dienone is 7. The summed E-state index contributed by atoms with van der Waals surface area (Å²) in [5.41, 5.74) is 16.1. The molecule has 0 aliphatic carbocycles. The molecule has 0 fully saturated rings. The van der Waals surface area contributed by atoms with Crippen molar-refractivity contribution >= 4 is 56.4 Å². The third-order valence-corrected chi connectivity index (χ3v) is 12.3. The number of para-hydroxylation sites is 1. The fraction of sp³-hybridized carbons (Fsp3) is 0. The monoisotopic (exact) mass is 886 g/mol. The second-order valence-corrected chi connectivity index (χ2v) is 16.7. The van der Waals surface area contributed by atoms with E-state index >= 15 is 0 Å². The zero-order valence-electron chi connectivity index (χ0n) is 38.3. The minimum Gasteiger partial charge on any atom is -0.456 e. The van der Waals surface area contributed by atoms with E-state index < -0.39 is 0 Å². The average Bonchev–Trinajstić information content (AvgIpc) is 3.82. The maximum atomic E-state index is 6.39. The number of rotatable bonds is 13. The Kier molecular flexibility index (Phi) is 13.0. The highest BCUT2D eigenvalue weighted by Gasteiger charge is 2.15. The molecule has 0 unspecified atom stereocenters. The molecule has 2 aromatic heterocycles. The van der Waals surface area contributed by atoms with Crippen LogP contribution >= 0.6 is 0 Å². The van der Waals surface area contributed by atoms with Gasteiger partial charge in [0.05, 0.1) is 5.52 Å². The summed E-state index contributed by atoms with van der Waals surface area (Å²) in [4.78, 5) is 2.24. The Morgan fingerprint density at radius 1 is 0.435 bits per heavy atom. The van der Waals surface area contributed by atoms with Crippen LogP contribution in [0.5, 0.6) is 0 Å². The number of anilines is 2. The molecule has 0 spiro atoms. The van der Waals surface area contributed by atoms with Crippen LogP contribution in [0.4, 0.5) is 11.4 Å². The SMILES string of the molecule is C=CC=CC=Cc1ccc(N(C(C=C)=CC=Cc2ccccc2)c2ccc(-c3ccc(-c4ccc5oc6ccc(-c7ccc8c(ccccccn8-c8ccccc8)c7)cc6c5c4)cc3)cc2)cc1. The van der Waals surface area contributed by atoms with E-state index in [1.807, 2.05) is 48.6 Å². The maximum absolute atomic E-state index is 6.39. The van der Waals surface area contributed by atoms with Gasteiger partial charge < -0.3 is 13.9 Å². The van der Waals surface area contributed by atoms with E-state index in [1.54, 1.807) is 6.08 Å². The van der Waals surface area contributed by atoms with Crippen LogP contribution < -0.4 is 4.90 Å². The highest BCUT2D eigenvalue weighted by Crippen LogP contribution is 2.37. The van der Waals surface area contributed by atoms with Crippen LogP contribution in [-0.2, 0) is 0 Å². The molecule has 0 aliphatic rings. The van der Waals surface area contributed by atoms with Gasteiger partial charge in [-0.25, -0.2) is 0 Å². The second-order valence-electron chi connectivity index (χ2n) is 16.7. The fourth-order valence-corrected chi connectivity index (χ4v) is 8.75. The van der Waals surface area contributed by atoms with Gasteiger partial charge in [-0.15, -0.1) is 0 Å². The van der Waals surface area contributed by atoms with E-state index in [0.717, 1.165) is 100 Å². The molecule has 69 heavy (non-hydrogen) atoms. The number of nitrogens with zero attached hydrogens (tertiary/aromatic N) is 2. The first kappa shape index (κ1) is 43.7. The first-order chi connectivity index (χ1) is 34.1. The lowest BCUT2D eigenvalue weighted by Crippen LogP contribution is -2.14. The quantitative estimate of drug-likeness (QED) is 0.108. The van der Waals surface area contributed by atoms with E-state index in [1.165, 1.54) is 0 Å². The van der Waals surface area contributed by atoms with Crippen molar-refractivity contribution in [2.24, 2.45) is 0 Å². The van der Waals surface area contributed by atoms with Gasteiger partial charge in [0.25, 0.3) is 0 Å². The molecule has 8 aromatic carbocycles. The molecule has 10 rings (SSSR count). The van der Waals surface area contributed by atoms with Gasteiger partial charge in [-0.2, -0.15) is 0 Å². The Labute approximate surface area is 404 Å². The highest BCUT2D eigenvalue weighted by molar-refractivity contribution is 6.08. The molecule has 2 heterocycles. The molecule has 0 saturated heterocycles. The van der Waals surface area contributed by atoms with Gasteiger partial charge >= 0.3 is 0 Å². The summed E-state index contributed by atoms with van der Waals surface area (Å²) < 4.78 is 8.63. The highest BCUT2D eigenvalue weighted by atomic mass is 16.3. The van der Waals surface area contributed by atoms with Crippen molar-refractivity contribution in [2.45, 2.75) is 0 Å². The molecular formula is C66H50N2O. The molecule has 0 bridgehead atoms. The zero-order chi connectivity index (χ0) is 46.8. The molecule has 0 atom stereocenters. The summed E-state index contributed by atoms with van der Waals surface area (Å²) in [7, 11) is 0. The number of aromatic nitrogens is 1. The van der Waals surface area contributed by atoms with Gasteiger partial charge in [0.15, 0.2) is 0 Å². The third-order valence-electron chi connectivity index (χ3n) is 12.3. The van der Waals surface area contributed by atoms with Crippen LogP contribution in [0.2, 0.25) is 0 Å². The topological polar surface area (TPSA) is 21.3 Å². The molecule has 330 valence electrons. The lowest BCUT2D eigenvalue weighted by molar-refractivity contribution is 0.669. The smallest absolute Gasteiger partial charge is 0.135 e. The molecule has 3 heteroatoms. The fourth-order valence-electron chi connectivity index (χ4n) is 8.75. The second kappa shape index (κ2) is 20.6. The lowest BCUT2D eigenvalue weighted by Gasteiger charge is -2.26. The van der Waals surface area contributed by atoms with Crippen molar-refractivity contribution in [3.63, 3.8) is 0 Å². The molecule has 0 radical (unpaired) electrons. The van der Waals surface area contributed by atoms with Crippen molar-refractivity contribution < 1.29 is 4.42 Å². The van der Waals surface area contributed by atoms with Gasteiger partial charge in [-0.1, -0.05) is 195 Å². The molecule has 0 aliphatic heterocycles. The normalized spacial score (nSPS) is 11.8. The summed E-state index contributed by atoms with van der Waals surface area (Å²) in [5, 5.41) is 3.33. The van der Waals surface area contributed by atoms with Crippen LogP contribution in [0.15, 0.2) is 290 Å². The van der Waals surface area contributed by atoms with Crippen molar-refractivity contribution in [1.82, 2.24) is 4.57 Å². The lowest BCUT2D eigenvalue weighted by atomic mass is 9.98. The van der Waals surface area contributed by atoms with E-state index in [4.69, 9.17) is 4.42 Å². The van der Waals surface area contributed by atoms with Gasteiger partial charge in [-0.05, 0) is 141 Å². The van der Waals surface area contributed by atoms with Gasteiger partial charge in [0, 0.05) is 39.7 Å². The van der Waals surface area contributed by atoms with Crippen LogP contribution in [0.1, 0.15) is 11.1 Å². The predicted octanol–water partition coefficient (Wildman–Crippen LogP) is 18.3. The van der Waals surface area contributed by atoms with Crippen LogP contribution in [-0.4, -0.2) is 4.57 Å². The predicted molar refractivity (Wildman–Crippen MR) is 295 cm³/mol. The standard InChI is InChI=1S/C66H50N2O/c1-3-5-6-11-21-50-27-38-60(39-28-50)68(58(4-2)26-18-22-49-19-12-9-13-20-49)61-40-33-52(34-41-61)51-29-31-53(32-30-51)55-36-43-65-62(47-55)63-48-56(37-44-66(63)69-65)54-35-42-64-57(46-54)23-14-7-8-17-45-67(64)59-24-15-10-16-25-59/h3-48H,1-2H2. The van der Waals surface area contributed by atoms with Gasteiger partial charge in [-0.3, -0.25) is 0 Å². The molecule has 0 N–H and O–H groups in total. The summed E-state index contributed by atoms with van der Waals surface area (Å²) >= 11 is 0. The Hall–Kier alpha value is -9.18. The van der Waals surface area contributed by atoms with Crippen molar-refractivity contribution in [3.8, 4) is 39.1 Å². The summed E-state index contributed by atoms with van der Waals surface area (Å²) in [5.74, 6) is 0. The average molecular weight is 887 g/mol. The van der Waals surface area contributed by atoms with E-state index in [0.29, 0.717) is 0 Å².